The molecule has 0 fully saturated rings. The van der Waals surface area contributed by atoms with E-state index in [2.05, 4.69) is 38.4 Å². The molecule has 3 aromatic carbocycles. The van der Waals surface area contributed by atoms with Gasteiger partial charge in [0, 0.05) is 22.8 Å². The number of anilines is 1. The molecule has 0 bridgehead atoms. The lowest BCUT2D eigenvalue weighted by atomic mass is 10.2. The van der Waals surface area contributed by atoms with Gasteiger partial charge in [-0.2, -0.15) is 5.10 Å². The first kappa shape index (κ1) is 25.2. The van der Waals surface area contributed by atoms with Crippen molar-refractivity contribution in [3.8, 4) is 11.5 Å². The van der Waals surface area contributed by atoms with Crippen molar-refractivity contribution < 1.29 is 19.2 Å². The molecule has 0 spiro atoms. The number of amides is 1. The molecule has 0 heterocycles. The summed E-state index contributed by atoms with van der Waals surface area (Å²) in [6, 6.07) is 16.7. The van der Waals surface area contributed by atoms with Crippen LogP contribution < -0.4 is 20.2 Å². The zero-order valence-corrected chi connectivity index (χ0v) is 20.9. The molecule has 176 valence electrons. The highest BCUT2D eigenvalue weighted by Crippen LogP contribution is 2.34. The van der Waals surface area contributed by atoms with Gasteiger partial charge in [-0.15, -0.1) is 0 Å². The number of nitro groups is 1. The third-order valence-electron chi connectivity index (χ3n) is 4.48. The number of nitrogens with zero attached hydrogens (tertiary/aromatic N) is 2. The molecule has 3 aromatic rings. The number of hydrogen-bond donors (Lipinski definition) is 2. The first-order valence-electron chi connectivity index (χ1n) is 9.90. The summed E-state index contributed by atoms with van der Waals surface area (Å²) in [4.78, 5) is 22.3. The van der Waals surface area contributed by atoms with Gasteiger partial charge in [0.25, 0.3) is 11.6 Å². The summed E-state index contributed by atoms with van der Waals surface area (Å²) in [5, 5.41) is 18.4. The lowest BCUT2D eigenvalue weighted by Gasteiger charge is -2.13. The van der Waals surface area contributed by atoms with Gasteiger partial charge in [0.1, 0.15) is 6.61 Å². The molecule has 9 nitrogen and oxygen atoms in total. The number of ether oxygens (including phenoxy) is 2. The predicted octanol–water partition coefficient (Wildman–Crippen LogP) is 5.00. The van der Waals surface area contributed by atoms with Gasteiger partial charge in [0.15, 0.2) is 11.5 Å². The fourth-order valence-corrected chi connectivity index (χ4v) is 3.70. The standard InChI is InChI=1S/C23H20ClIN4O5/c1-33-21-11-16(12-27-28-22(30)13-26-18-6-4-17(24)5-7-18)10-20(25)23(21)34-14-15-2-8-19(9-3-15)29(31)32/h2-12,26H,13-14H2,1H3,(H,28,30)/b27-12-. The summed E-state index contributed by atoms with van der Waals surface area (Å²) in [6.07, 6.45) is 1.50. The number of hydrogen-bond acceptors (Lipinski definition) is 7. The number of benzene rings is 3. The highest BCUT2D eigenvalue weighted by atomic mass is 127. The second-order valence-electron chi connectivity index (χ2n) is 6.90. The number of carbonyl (C=O) groups is 1. The Morgan fingerprint density at radius 3 is 2.53 bits per heavy atom. The molecule has 0 unspecified atom stereocenters. The van der Waals surface area contributed by atoms with Gasteiger partial charge >= 0.3 is 0 Å². The number of hydrazone groups is 1. The monoisotopic (exact) mass is 594 g/mol. The summed E-state index contributed by atoms with van der Waals surface area (Å²) in [6.45, 7) is 0.268. The number of halogens is 2. The van der Waals surface area contributed by atoms with Crippen molar-refractivity contribution in [2.75, 3.05) is 19.0 Å². The number of methoxy groups -OCH3 is 1. The van der Waals surface area contributed by atoms with Crippen molar-refractivity contribution in [1.29, 1.82) is 0 Å². The summed E-state index contributed by atoms with van der Waals surface area (Å²) >= 11 is 7.96. The molecular weight excluding hydrogens is 575 g/mol. The van der Waals surface area contributed by atoms with Crippen LogP contribution in [0.4, 0.5) is 11.4 Å². The predicted molar refractivity (Wildman–Crippen MR) is 139 cm³/mol. The van der Waals surface area contributed by atoms with Gasteiger partial charge in [-0.1, -0.05) is 11.6 Å². The van der Waals surface area contributed by atoms with E-state index in [0.717, 1.165) is 14.8 Å². The van der Waals surface area contributed by atoms with Crippen LogP contribution in [0.1, 0.15) is 11.1 Å². The average molecular weight is 595 g/mol. The van der Waals surface area contributed by atoms with E-state index in [-0.39, 0.29) is 24.7 Å². The Balaban J connectivity index is 1.57. The Hall–Kier alpha value is -3.38. The number of nitrogens with one attached hydrogen (secondary N) is 2. The lowest BCUT2D eigenvalue weighted by Crippen LogP contribution is -2.25. The molecule has 0 atom stereocenters. The van der Waals surface area contributed by atoms with Crippen LogP contribution in [0.3, 0.4) is 0 Å². The summed E-state index contributed by atoms with van der Waals surface area (Å²) < 4.78 is 12.1. The lowest BCUT2D eigenvalue weighted by molar-refractivity contribution is -0.384. The van der Waals surface area contributed by atoms with Crippen molar-refractivity contribution in [2.24, 2.45) is 5.10 Å². The Kier molecular flexibility index (Phi) is 9.05. The second-order valence-corrected chi connectivity index (χ2v) is 8.50. The molecular formula is C23H20ClIN4O5. The zero-order valence-electron chi connectivity index (χ0n) is 18.0. The molecule has 0 saturated carbocycles. The summed E-state index contributed by atoms with van der Waals surface area (Å²) in [5.41, 5.74) is 4.74. The SMILES string of the molecule is COc1cc(/C=N\NC(=O)CNc2ccc(Cl)cc2)cc(I)c1OCc1ccc([N+](=O)[O-])cc1. The second kappa shape index (κ2) is 12.2. The number of non-ortho nitro benzene ring substituents is 1. The van der Waals surface area contributed by atoms with Crippen molar-refractivity contribution in [3.05, 3.63) is 90.5 Å². The minimum absolute atomic E-state index is 0.0207. The molecule has 3 rings (SSSR count). The first-order valence-corrected chi connectivity index (χ1v) is 11.4. The van der Waals surface area contributed by atoms with E-state index >= 15 is 0 Å². The maximum absolute atomic E-state index is 12.0. The molecule has 0 aliphatic carbocycles. The van der Waals surface area contributed by atoms with Crippen LogP contribution >= 0.6 is 34.2 Å². The van der Waals surface area contributed by atoms with Crippen LogP contribution in [-0.4, -0.2) is 30.7 Å². The smallest absolute Gasteiger partial charge is 0.269 e. The van der Waals surface area contributed by atoms with Crippen LogP contribution in [0.15, 0.2) is 65.8 Å². The van der Waals surface area contributed by atoms with E-state index in [4.69, 9.17) is 21.1 Å². The van der Waals surface area contributed by atoms with Crippen molar-refractivity contribution in [1.82, 2.24) is 5.43 Å². The Morgan fingerprint density at radius 1 is 1.18 bits per heavy atom. The largest absolute Gasteiger partial charge is 0.493 e. The van der Waals surface area contributed by atoms with Gasteiger partial charge in [-0.25, -0.2) is 5.43 Å². The molecule has 2 N–H and O–H groups in total. The minimum Gasteiger partial charge on any atom is -0.493 e. The Labute approximate surface area is 214 Å². The van der Waals surface area contributed by atoms with E-state index in [0.29, 0.717) is 22.1 Å². The highest BCUT2D eigenvalue weighted by Gasteiger charge is 2.12. The van der Waals surface area contributed by atoms with Crippen LogP contribution in [0.25, 0.3) is 0 Å². The first-order chi connectivity index (χ1) is 16.4. The molecule has 34 heavy (non-hydrogen) atoms. The highest BCUT2D eigenvalue weighted by molar-refractivity contribution is 14.1. The fraction of sp³-hybridized carbons (Fsp3) is 0.130. The number of carbonyl (C=O) groups excluding carboxylic acids is 1. The van der Waals surface area contributed by atoms with Crippen molar-refractivity contribution in [3.63, 3.8) is 0 Å². The summed E-state index contributed by atoms with van der Waals surface area (Å²) in [5.74, 6) is 0.719. The fourth-order valence-electron chi connectivity index (χ4n) is 2.79. The molecule has 1 amide bonds. The quantitative estimate of drug-likeness (QED) is 0.148. The van der Waals surface area contributed by atoms with Gasteiger partial charge in [-0.05, 0) is 82.2 Å². The van der Waals surface area contributed by atoms with Crippen LogP contribution in [0.5, 0.6) is 11.5 Å². The third kappa shape index (κ3) is 7.32. The minimum atomic E-state index is -0.449. The van der Waals surface area contributed by atoms with Gasteiger partial charge in [-0.3, -0.25) is 14.9 Å². The van der Waals surface area contributed by atoms with E-state index in [1.807, 2.05) is 6.07 Å². The van der Waals surface area contributed by atoms with Gasteiger partial charge in [0.05, 0.1) is 28.4 Å². The Bertz CT molecular complexity index is 1190. The van der Waals surface area contributed by atoms with Gasteiger partial charge < -0.3 is 14.8 Å². The topological polar surface area (TPSA) is 115 Å². The van der Waals surface area contributed by atoms with Crippen molar-refractivity contribution in [2.45, 2.75) is 6.61 Å². The average Bonchev–Trinajstić information content (AvgIpc) is 2.83. The number of rotatable bonds is 10. The van der Waals surface area contributed by atoms with Crippen molar-refractivity contribution >= 4 is 57.7 Å². The third-order valence-corrected chi connectivity index (χ3v) is 5.54. The van der Waals surface area contributed by atoms with Crippen LogP contribution in [0.2, 0.25) is 5.02 Å². The molecule has 0 aliphatic rings. The Morgan fingerprint density at radius 2 is 1.88 bits per heavy atom. The van der Waals surface area contributed by atoms with Crippen LogP contribution in [0, 0.1) is 13.7 Å². The van der Waals surface area contributed by atoms with Gasteiger partial charge in [0.2, 0.25) is 0 Å². The molecule has 0 aliphatic heterocycles. The zero-order chi connectivity index (χ0) is 24.5. The van der Waals surface area contributed by atoms with E-state index in [1.165, 1.54) is 25.5 Å². The maximum Gasteiger partial charge on any atom is 0.269 e. The maximum atomic E-state index is 12.0. The van der Waals surface area contributed by atoms with E-state index in [9.17, 15) is 14.9 Å². The van der Waals surface area contributed by atoms with Crippen LogP contribution in [-0.2, 0) is 11.4 Å². The molecule has 0 radical (unpaired) electrons. The normalized spacial score (nSPS) is 10.7. The van der Waals surface area contributed by atoms with E-state index in [1.54, 1.807) is 42.5 Å². The number of nitro benzene ring substituents is 1. The molecule has 0 aromatic heterocycles. The molecule has 0 saturated heterocycles. The molecule has 11 heteroatoms. The summed E-state index contributed by atoms with van der Waals surface area (Å²) in [7, 11) is 1.52. The van der Waals surface area contributed by atoms with E-state index < -0.39 is 4.92 Å².